The second kappa shape index (κ2) is 7.50. The van der Waals surface area contributed by atoms with E-state index in [4.69, 9.17) is 0 Å². The number of allylic oxidation sites excluding steroid dienone is 2. The molecule has 0 aliphatic heterocycles. The lowest BCUT2D eigenvalue weighted by Crippen LogP contribution is -2.74. The summed E-state index contributed by atoms with van der Waals surface area (Å²) in [6.45, 7) is 4.73. The van der Waals surface area contributed by atoms with E-state index in [1.807, 2.05) is 0 Å². The molecule has 0 aromatic heterocycles. The van der Waals surface area contributed by atoms with Crippen LogP contribution in [0.3, 0.4) is 0 Å². The molecule has 0 bridgehead atoms. The fraction of sp³-hybridized carbons (Fsp3) is 0.714. The molecule has 0 fully saturated rings. The Labute approximate surface area is 157 Å². The van der Waals surface area contributed by atoms with E-state index in [1.54, 1.807) is 0 Å². The lowest BCUT2D eigenvalue weighted by molar-refractivity contribution is -0.452. The molecule has 0 radical (unpaired) electrons. The Morgan fingerprint density at radius 2 is 0.533 bits per heavy atom. The minimum absolute atomic E-state index is 0.265. The Bertz CT molecular complexity index is 588. The second-order valence-electron chi connectivity index (χ2n) is 5.84. The van der Waals surface area contributed by atoms with Gasteiger partial charge in [-0.2, -0.15) is 70.2 Å². The van der Waals surface area contributed by atoms with Crippen molar-refractivity contribution < 1.29 is 70.2 Å². The van der Waals surface area contributed by atoms with Crippen LogP contribution in [-0.4, -0.2) is 47.4 Å². The van der Waals surface area contributed by atoms with Crippen LogP contribution in [0, 0.1) is 0 Å². The summed E-state index contributed by atoms with van der Waals surface area (Å²) in [6, 6.07) is 0. The summed E-state index contributed by atoms with van der Waals surface area (Å²) in [5, 5.41) is 0. The van der Waals surface area contributed by atoms with Crippen LogP contribution >= 0.6 is 0 Å². The molecule has 0 unspecified atom stereocenters. The maximum Gasteiger partial charge on any atom is 0.384 e. The highest BCUT2D eigenvalue weighted by Crippen LogP contribution is 2.64. The largest absolute Gasteiger partial charge is 0.384 e. The average molecular weight is 482 g/mol. The first kappa shape index (κ1) is 28.4. The minimum atomic E-state index is -8.38. The van der Waals surface area contributed by atoms with E-state index in [0.717, 1.165) is 0 Å². The minimum Gasteiger partial charge on any atom is -0.199 e. The van der Waals surface area contributed by atoms with Gasteiger partial charge in [0.15, 0.2) is 0 Å². The lowest BCUT2D eigenvalue weighted by Gasteiger charge is -2.43. The van der Waals surface area contributed by atoms with Crippen molar-refractivity contribution in [2.75, 3.05) is 0 Å². The van der Waals surface area contributed by atoms with Crippen molar-refractivity contribution in [1.29, 1.82) is 0 Å². The highest BCUT2D eigenvalue weighted by atomic mass is 19.4. The summed E-state index contributed by atoms with van der Waals surface area (Å²) in [6.07, 6.45) is -5.67. The molecule has 0 N–H and O–H groups in total. The SMILES string of the molecule is C=CCC(F)(F)C(F)(F)C(F)(F)C(F)(F)C(F)(F)C(F)(F)C(F)(F)C(F)(F)CC=C. The Balaban J connectivity index is 6.73. The Morgan fingerprint density at radius 1 is 0.367 bits per heavy atom. The quantitative estimate of drug-likeness (QED) is 0.216. The number of halogens is 16. The number of alkyl halides is 16. The topological polar surface area (TPSA) is 0 Å². The summed E-state index contributed by atoms with van der Waals surface area (Å²) in [5.74, 6) is -60.8. The van der Waals surface area contributed by atoms with Gasteiger partial charge < -0.3 is 0 Å². The molecule has 0 aliphatic rings. The molecule has 30 heavy (non-hydrogen) atoms. The van der Waals surface area contributed by atoms with E-state index in [2.05, 4.69) is 13.2 Å². The van der Waals surface area contributed by atoms with Gasteiger partial charge in [0.05, 0.1) is 0 Å². The third-order valence-electron chi connectivity index (χ3n) is 3.69. The molecule has 0 nitrogen and oxygen atoms in total. The summed E-state index contributed by atoms with van der Waals surface area (Å²) in [4.78, 5) is 0. The van der Waals surface area contributed by atoms with Crippen molar-refractivity contribution in [2.24, 2.45) is 0 Å². The van der Waals surface area contributed by atoms with Crippen molar-refractivity contribution in [3.05, 3.63) is 25.3 Å². The van der Waals surface area contributed by atoms with Gasteiger partial charge >= 0.3 is 47.4 Å². The third kappa shape index (κ3) is 3.52. The zero-order chi connectivity index (χ0) is 24.8. The molecule has 0 saturated carbocycles. The maximum absolute atomic E-state index is 13.4. The summed E-state index contributed by atoms with van der Waals surface area (Å²) >= 11 is 0. The van der Waals surface area contributed by atoms with Crippen molar-refractivity contribution in [3.8, 4) is 0 Å². The standard InChI is InChI=1S/C14H10F16/c1-3-5-7(15,16)9(19,20)11(23,24)13(27,28)14(29,30)12(25,26)10(21,22)8(17,18)6-4-2/h3-4H,1-2,5-6H2. The molecule has 0 spiro atoms. The monoisotopic (exact) mass is 482 g/mol. The first-order valence-corrected chi connectivity index (χ1v) is 7.11. The fourth-order valence-electron chi connectivity index (χ4n) is 1.87. The van der Waals surface area contributed by atoms with Gasteiger partial charge in [0, 0.05) is 12.8 Å². The van der Waals surface area contributed by atoms with E-state index in [-0.39, 0.29) is 12.2 Å². The summed E-state index contributed by atoms with van der Waals surface area (Å²) < 4.78 is 213. The summed E-state index contributed by atoms with van der Waals surface area (Å²) in [7, 11) is 0. The van der Waals surface area contributed by atoms with Crippen LogP contribution in [-0.2, 0) is 0 Å². The number of hydrogen-bond donors (Lipinski definition) is 0. The molecule has 0 amide bonds. The van der Waals surface area contributed by atoms with Crippen molar-refractivity contribution in [3.63, 3.8) is 0 Å². The molecule has 0 aromatic carbocycles. The predicted molar refractivity (Wildman–Crippen MR) is 69.2 cm³/mol. The number of rotatable bonds is 11. The van der Waals surface area contributed by atoms with E-state index < -0.39 is 60.2 Å². The highest BCUT2D eigenvalue weighted by molar-refractivity contribution is 5.16. The molecular formula is C14H10F16. The van der Waals surface area contributed by atoms with Crippen LogP contribution in [0.5, 0.6) is 0 Å². The van der Waals surface area contributed by atoms with Crippen LogP contribution in [0.25, 0.3) is 0 Å². The van der Waals surface area contributed by atoms with Gasteiger partial charge in [-0.25, -0.2) is 0 Å². The van der Waals surface area contributed by atoms with Gasteiger partial charge in [-0.3, -0.25) is 0 Å². The molecule has 0 rings (SSSR count). The molecule has 178 valence electrons. The first-order valence-electron chi connectivity index (χ1n) is 7.11. The third-order valence-corrected chi connectivity index (χ3v) is 3.69. The lowest BCUT2D eigenvalue weighted by atomic mass is 9.86. The van der Waals surface area contributed by atoms with Crippen molar-refractivity contribution >= 4 is 0 Å². The van der Waals surface area contributed by atoms with E-state index >= 15 is 0 Å². The summed E-state index contributed by atoms with van der Waals surface area (Å²) in [5.41, 5.74) is 0. The van der Waals surface area contributed by atoms with Crippen molar-refractivity contribution in [1.82, 2.24) is 0 Å². The van der Waals surface area contributed by atoms with E-state index in [9.17, 15) is 70.2 Å². The van der Waals surface area contributed by atoms with Crippen LogP contribution in [0.15, 0.2) is 25.3 Å². The molecular weight excluding hydrogens is 472 g/mol. The zero-order valence-corrected chi connectivity index (χ0v) is 14.0. The first-order chi connectivity index (χ1) is 12.9. The van der Waals surface area contributed by atoms with Crippen LogP contribution in [0.2, 0.25) is 0 Å². The maximum atomic E-state index is 13.4. The molecule has 16 heteroatoms. The van der Waals surface area contributed by atoms with Crippen LogP contribution < -0.4 is 0 Å². The second-order valence-corrected chi connectivity index (χ2v) is 5.84. The molecule has 0 aliphatic carbocycles. The highest BCUT2D eigenvalue weighted by Gasteiger charge is 2.94. The zero-order valence-electron chi connectivity index (χ0n) is 14.0. The fourth-order valence-corrected chi connectivity index (χ4v) is 1.87. The number of hydrogen-bond acceptors (Lipinski definition) is 0. The molecule has 0 heterocycles. The Hall–Kier alpha value is -1.64. The van der Waals surface area contributed by atoms with Crippen LogP contribution in [0.4, 0.5) is 70.2 Å². The Morgan fingerprint density at radius 3 is 0.700 bits per heavy atom. The van der Waals surface area contributed by atoms with Crippen LogP contribution in [0.1, 0.15) is 12.8 Å². The van der Waals surface area contributed by atoms with Gasteiger partial charge in [0.1, 0.15) is 0 Å². The van der Waals surface area contributed by atoms with E-state index in [0.29, 0.717) is 0 Å². The van der Waals surface area contributed by atoms with Gasteiger partial charge in [-0.05, 0) is 0 Å². The van der Waals surface area contributed by atoms with Gasteiger partial charge in [-0.1, -0.05) is 12.2 Å². The van der Waals surface area contributed by atoms with Gasteiger partial charge in [0.25, 0.3) is 0 Å². The average Bonchev–Trinajstić information content (AvgIpc) is 2.53. The Kier molecular flexibility index (Phi) is 7.09. The van der Waals surface area contributed by atoms with E-state index in [1.165, 1.54) is 0 Å². The smallest absolute Gasteiger partial charge is 0.199 e. The normalized spacial score (nSPS) is 15.9. The van der Waals surface area contributed by atoms with Crippen molar-refractivity contribution in [2.45, 2.75) is 60.2 Å². The van der Waals surface area contributed by atoms with Gasteiger partial charge in [0.2, 0.25) is 0 Å². The molecule has 0 saturated heterocycles. The van der Waals surface area contributed by atoms with Gasteiger partial charge in [-0.15, -0.1) is 13.2 Å². The molecule has 0 aromatic rings. The predicted octanol–water partition coefficient (Wildman–Crippen LogP) is 7.22. The molecule has 0 atom stereocenters.